The zero-order chi connectivity index (χ0) is 20.1. The van der Waals surface area contributed by atoms with Gasteiger partial charge in [-0.25, -0.2) is 9.89 Å². The van der Waals surface area contributed by atoms with E-state index in [2.05, 4.69) is 15.5 Å². The molecular formula is C20H19N3O5. The van der Waals surface area contributed by atoms with Crippen molar-refractivity contribution in [1.29, 1.82) is 0 Å². The lowest BCUT2D eigenvalue weighted by molar-refractivity contribution is -0.129. The Balaban J connectivity index is 1.68. The highest BCUT2D eigenvalue weighted by atomic mass is 16.5. The molecule has 1 unspecified atom stereocenters. The third kappa shape index (κ3) is 4.01. The summed E-state index contributed by atoms with van der Waals surface area (Å²) in [6.45, 7) is 1.69. The molecule has 2 N–H and O–H groups in total. The van der Waals surface area contributed by atoms with Crippen molar-refractivity contribution in [2.45, 2.75) is 19.6 Å². The number of fused-ring (bicyclic) bond motifs is 1. The Kier molecular flexibility index (Phi) is 5.69. The molecule has 0 radical (unpaired) electrons. The molecule has 1 amide bonds. The van der Waals surface area contributed by atoms with Crippen LogP contribution in [0.25, 0.3) is 10.8 Å². The van der Waals surface area contributed by atoms with E-state index < -0.39 is 23.5 Å². The van der Waals surface area contributed by atoms with Gasteiger partial charge in [0.1, 0.15) is 5.75 Å². The molecule has 8 nitrogen and oxygen atoms in total. The summed E-state index contributed by atoms with van der Waals surface area (Å²) in [5.74, 6) is -0.614. The monoisotopic (exact) mass is 381 g/mol. The van der Waals surface area contributed by atoms with Gasteiger partial charge in [0.2, 0.25) is 0 Å². The van der Waals surface area contributed by atoms with Gasteiger partial charge in [0.15, 0.2) is 11.8 Å². The van der Waals surface area contributed by atoms with Crippen molar-refractivity contribution in [3.63, 3.8) is 0 Å². The Morgan fingerprint density at radius 2 is 1.79 bits per heavy atom. The summed E-state index contributed by atoms with van der Waals surface area (Å²) in [5, 5.41) is 9.42. The standard InChI is InChI=1S/C20H19N3O5/c1-12(18(24)21-11-13-7-3-6-10-16(13)27-2)28-20(26)17-14-8-4-5-9-15(14)19(25)23-22-17/h3-10,12H,11H2,1-2H3,(H,21,24)(H,23,25). The van der Waals surface area contributed by atoms with Gasteiger partial charge in [-0.15, -0.1) is 0 Å². The number of aromatic nitrogens is 2. The minimum absolute atomic E-state index is 0.0559. The van der Waals surface area contributed by atoms with Gasteiger partial charge >= 0.3 is 5.97 Å². The van der Waals surface area contributed by atoms with Crippen LogP contribution in [0.1, 0.15) is 23.0 Å². The number of esters is 1. The first-order valence-corrected chi connectivity index (χ1v) is 8.59. The van der Waals surface area contributed by atoms with E-state index in [4.69, 9.17) is 9.47 Å². The SMILES string of the molecule is COc1ccccc1CNC(=O)C(C)OC(=O)c1n[nH]c(=O)c2ccccc12. The summed E-state index contributed by atoms with van der Waals surface area (Å²) >= 11 is 0. The maximum absolute atomic E-state index is 12.5. The number of hydrogen-bond acceptors (Lipinski definition) is 6. The van der Waals surface area contributed by atoms with E-state index in [1.54, 1.807) is 37.4 Å². The van der Waals surface area contributed by atoms with Crippen LogP contribution in [-0.2, 0) is 16.1 Å². The number of nitrogens with one attached hydrogen (secondary N) is 2. The van der Waals surface area contributed by atoms with Gasteiger partial charge in [-0.2, -0.15) is 5.10 Å². The molecule has 8 heteroatoms. The summed E-state index contributed by atoms with van der Waals surface area (Å²) in [6.07, 6.45) is -1.05. The third-order valence-electron chi connectivity index (χ3n) is 4.19. The number of amides is 1. The fourth-order valence-electron chi connectivity index (χ4n) is 2.72. The fourth-order valence-corrected chi connectivity index (χ4v) is 2.72. The normalized spacial score (nSPS) is 11.6. The van der Waals surface area contributed by atoms with Crippen LogP contribution in [-0.4, -0.2) is 35.3 Å². The summed E-state index contributed by atoms with van der Waals surface area (Å²) in [5.41, 5.74) is 0.333. The van der Waals surface area contributed by atoms with E-state index in [0.29, 0.717) is 16.5 Å². The number of nitrogens with zero attached hydrogens (tertiary/aromatic N) is 1. The van der Waals surface area contributed by atoms with Crippen molar-refractivity contribution >= 4 is 22.6 Å². The number of carbonyl (C=O) groups is 2. The van der Waals surface area contributed by atoms with Crippen LogP contribution in [0.3, 0.4) is 0 Å². The van der Waals surface area contributed by atoms with E-state index in [9.17, 15) is 14.4 Å². The summed E-state index contributed by atoms with van der Waals surface area (Å²) in [4.78, 5) is 36.6. The van der Waals surface area contributed by atoms with Crippen molar-refractivity contribution in [2.75, 3.05) is 7.11 Å². The Hall–Kier alpha value is -3.68. The van der Waals surface area contributed by atoms with Crippen LogP contribution in [0, 0.1) is 0 Å². The summed E-state index contributed by atoms with van der Waals surface area (Å²) < 4.78 is 10.5. The van der Waals surface area contributed by atoms with Gasteiger partial charge in [-0.1, -0.05) is 36.4 Å². The predicted octanol–water partition coefficient (Wildman–Crippen LogP) is 1.79. The second kappa shape index (κ2) is 8.34. The van der Waals surface area contributed by atoms with E-state index in [1.165, 1.54) is 6.92 Å². The molecule has 0 saturated heterocycles. The number of aromatic amines is 1. The number of H-pyrrole nitrogens is 1. The molecule has 2 aromatic carbocycles. The predicted molar refractivity (Wildman–Crippen MR) is 102 cm³/mol. The van der Waals surface area contributed by atoms with Gasteiger partial charge < -0.3 is 14.8 Å². The molecule has 1 aromatic heterocycles. The fraction of sp³-hybridized carbons (Fsp3) is 0.200. The topological polar surface area (TPSA) is 110 Å². The second-order valence-electron chi connectivity index (χ2n) is 6.02. The lowest BCUT2D eigenvalue weighted by Crippen LogP contribution is -2.35. The molecule has 0 aliphatic rings. The maximum atomic E-state index is 12.5. The average molecular weight is 381 g/mol. The first kappa shape index (κ1) is 19.1. The van der Waals surface area contributed by atoms with Crippen molar-refractivity contribution in [2.24, 2.45) is 0 Å². The molecule has 1 heterocycles. The molecule has 0 aliphatic carbocycles. The quantitative estimate of drug-likeness (QED) is 0.630. The van der Waals surface area contributed by atoms with Crippen LogP contribution in [0.4, 0.5) is 0 Å². The van der Waals surface area contributed by atoms with E-state index in [-0.39, 0.29) is 12.2 Å². The van der Waals surface area contributed by atoms with Gasteiger partial charge in [-0.05, 0) is 19.1 Å². The van der Waals surface area contributed by atoms with Crippen molar-refractivity contribution in [3.05, 3.63) is 70.1 Å². The van der Waals surface area contributed by atoms with E-state index in [0.717, 1.165) is 5.56 Å². The lowest BCUT2D eigenvalue weighted by atomic mass is 10.1. The molecule has 3 rings (SSSR count). The lowest BCUT2D eigenvalue weighted by Gasteiger charge is -2.14. The number of benzene rings is 2. The number of methoxy groups -OCH3 is 1. The number of hydrogen-bond donors (Lipinski definition) is 2. The largest absolute Gasteiger partial charge is 0.496 e. The van der Waals surface area contributed by atoms with Crippen molar-refractivity contribution in [3.8, 4) is 5.75 Å². The number of para-hydroxylation sites is 1. The van der Waals surface area contributed by atoms with Crippen LogP contribution >= 0.6 is 0 Å². The molecule has 0 spiro atoms. The molecule has 0 saturated carbocycles. The molecule has 3 aromatic rings. The van der Waals surface area contributed by atoms with Crippen LogP contribution < -0.4 is 15.6 Å². The Morgan fingerprint density at radius 1 is 1.11 bits per heavy atom. The first-order valence-electron chi connectivity index (χ1n) is 8.59. The molecule has 0 aliphatic heterocycles. The van der Waals surface area contributed by atoms with Gasteiger partial charge in [-0.3, -0.25) is 9.59 Å². The third-order valence-corrected chi connectivity index (χ3v) is 4.19. The minimum Gasteiger partial charge on any atom is -0.496 e. The zero-order valence-corrected chi connectivity index (χ0v) is 15.4. The molecule has 0 fully saturated rings. The van der Waals surface area contributed by atoms with Gasteiger partial charge in [0.25, 0.3) is 11.5 Å². The van der Waals surface area contributed by atoms with Crippen molar-refractivity contribution in [1.82, 2.24) is 15.5 Å². The highest BCUT2D eigenvalue weighted by Crippen LogP contribution is 2.17. The molecule has 1 atom stereocenters. The summed E-state index contributed by atoms with van der Waals surface area (Å²) in [7, 11) is 1.55. The van der Waals surface area contributed by atoms with Crippen LogP contribution in [0.5, 0.6) is 5.75 Å². The molecule has 144 valence electrons. The van der Waals surface area contributed by atoms with Gasteiger partial charge in [0, 0.05) is 17.5 Å². The minimum atomic E-state index is -1.05. The van der Waals surface area contributed by atoms with Crippen molar-refractivity contribution < 1.29 is 19.1 Å². The second-order valence-corrected chi connectivity index (χ2v) is 6.02. The Labute approximate surface area is 160 Å². The van der Waals surface area contributed by atoms with Crippen LogP contribution in [0.15, 0.2) is 53.3 Å². The summed E-state index contributed by atoms with van der Waals surface area (Å²) in [6, 6.07) is 13.8. The van der Waals surface area contributed by atoms with E-state index >= 15 is 0 Å². The smallest absolute Gasteiger partial charge is 0.360 e. The average Bonchev–Trinajstić information content (AvgIpc) is 2.72. The highest BCUT2D eigenvalue weighted by Gasteiger charge is 2.22. The Bertz CT molecular complexity index is 1080. The van der Waals surface area contributed by atoms with Crippen LogP contribution in [0.2, 0.25) is 0 Å². The molecule has 28 heavy (non-hydrogen) atoms. The number of rotatable bonds is 6. The highest BCUT2D eigenvalue weighted by molar-refractivity contribution is 6.02. The number of carbonyl (C=O) groups excluding carboxylic acids is 2. The van der Waals surface area contributed by atoms with Gasteiger partial charge in [0.05, 0.1) is 12.5 Å². The first-order chi connectivity index (χ1) is 13.5. The van der Waals surface area contributed by atoms with E-state index in [1.807, 2.05) is 18.2 Å². The zero-order valence-electron chi connectivity index (χ0n) is 15.4. The molecule has 0 bridgehead atoms. The molecular weight excluding hydrogens is 362 g/mol. The maximum Gasteiger partial charge on any atom is 0.360 e. The number of ether oxygens (including phenoxy) is 2. The Morgan fingerprint density at radius 3 is 2.54 bits per heavy atom.